The molecule has 3 N–H and O–H groups in total. The molecule has 0 aliphatic carbocycles. The van der Waals surface area contributed by atoms with E-state index in [2.05, 4.69) is 26.3 Å². The van der Waals surface area contributed by atoms with Gasteiger partial charge in [-0.05, 0) is 22.4 Å². The average molecular weight is 333 g/mol. The van der Waals surface area contributed by atoms with Gasteiger partial charge in [-0.15, -0.1) is 0 Å². The van der Waals surface area contributed by atoms with Gasteiger partial charge in [0.05, 0.1) is 25.0 Å². The van der Waals surface area contributed by atoms with Crippen LogP contribution in [0, 0.1) is 0 Å². The summed E-state index contributed by atoms with van der Waals surface area (Å²) < 4.78 is 6.63. The summed E-state index contributed by atoms with van der Waals surface area (Å²) in [4.78, 5) is 22.5. The van der Waals surface area contributed by atoms with Crippen molar-refractivity contribution in [3.63, 3.8) is 0 Å². The van der Waals surface area contributed by atoms with E-state index in [4.69, 9.17) is 10.5 Å². The van der Waals surface area contributed by atoms with E-state index in [1.807, 2.05) is 0 Å². The summed E-state index contributed by atoms with van der Waals surface area (Å²) in [5.74, 6) is -0.339. The summed E-state index contributed by atoms with van der Waals surface area (Å²) in [5.41, 5.74) is 5.41. The topological polar surface area (TPSA) is 99.2 Å². The number of methoxy groups -OCH3 is 1. The molecule has 0 aromatic carbocycles. The number of ether oxygens (including phenoxy) is 1. The quantitative estimate of drug-likeness (QED) is 0.668. The minimum atomic E-state index is -0.339. The van der Waals surface area contributed by atoms with Crippen LogP contribution in [0.4, 0.5) is 5.69 Å². The van der Waals surface area contributed by atoms with E-state index in [0.717, 1.165) is 0 Å². The van der Waals surface area contributed by atoms with Crippen molar-refractivity contribution in [1.82, 2.24) is 9.78 Å². The third kappa shape index (κ3) is 4.99. The van der Waals surface area contributed by atoms with E-state index in [-0.39, 0.29) is 11.5 Å². The molecule has 0 saturated carbocycles. The van der Waals surface area contributed by atoms with Gasteiger partial charge in [-0.3, -0.25) is 9.59 Å². The molecule has 0 atom stereocenters. The predicted molar refractivity (Wildman–Crippen MR) is 75.0 cm³/mol. The summed E-state index contributed by atoms with van der Waals surface area (Å²) >= 11 is 3.24. The Morgan fingerprint density at radius 2 is 2.37 bits per heavy atom. The molecule has 1 heterocycles. The number of nitrogens with zero attached hydrogens (tertiary/aromatic N) is 2. The fraction of sp³-hybridized carbons (Fsp3) is 0.545. The molecule has 19 heavy (non-hydrogen) atoms. The fourth-order valence-corrected chi connectivity index (χ4v) is 1.86. The van der Waals surface area contributed by atoms with Gasteiger partial charge >= 0.3 is 0 Å². The van der Waals surface area contributed by atoms with Gasteiger partial charge < -0.3 is 15.8 Å². The lowest BCUT2D eigenvalue weighted by atomic mass is 10.3. The van der Waals surface area contributed by atoms with Gasteiger partial charge in [0.2, 0.25) is 5.91 Å². The van der Waals surface area contributed by atoms with E-state index in [1.165, 1.54) is 4.68 Å². The molecule has 0 saturated heterocycles. The summed E-state index contributed by atoms with van der Waals surface area (Å²) in [7, 11) is 1.56. The minimum Gasteiger partial charge on any atom is -0.383 e. The van der Waals surface area contributed by atoms with Crippen molar-refractivity contribution in [3.8, 4) is 0 Å². The number of nitrogens with two attached hydrogens (primary N) is 1. The Morgan fingerprint density at radius 1 is 1.63 bits per heavy atom. The van der Waals surface area contributed by atoms with E-state index in [0.29, 0.717) is 42.7 Å². The molecule has 0 aliphatic heterocycles. The second-order valence-electron chi connectivity index (χ2n) is 3.89. The van der Waals surface area contributed by atoms with E-state index in [1.54, 1.807) is 13.3 Å². The standard InChI is InChI=1S/C11H17BrN4O3/c1-19-6-5-16-11(18)10(12)8(7-15-16)14-4-2-3-9(13)17/h7,14H,2-6H2,1H3,(H2,13,17). The van der Waals surface area contributed by atoms with Crippen molar-refractivity contribution in [1.29, 1.82) is 0 Å². The first kappa shape index (κ1) is 15.6. The Hall–Kier alpha value is -1.41. The molecule has 1 rings (SSSR count). The molecule has 1 aromatic rings. The first-order chi connectivity index (χ1) is 9.06. The van der Waals surface area contributed by atoms with Gasteiger partial charge in [-0.25, -0.2) is 4.68 Å². The molecular weight excluding hydrogens is 316 g/mol. The van der Waals surface area contributed by atoms with Crippen molar-refractivity contribution in [2.75, 3.05) is 25.6 Å². The van der Waals surface area contributed by atoms with Crippen LogP contribution in [0.3, 0.4) is 0 Å². The molecule has 0 spiro atoms. The zero-order chi connectivity index (χ0) is 14.3. The van der Waals surface area contributed by atoms with Crippen LogP contribution >= 0.6 is 15.9 Å². The molecular formula is C11H17BrN4O3. The highest BCUT2D eigenvalue weighted by molar-refractivity contribution is 9.10. The summed E-state index contributed by atoms with van der Waals surface area (Å²) in [6.45, 7) is 1.37. The zero-order valence-electron chi connectivity index (χ0n) is 10.7. The van der Waals surface area contributed by atoms with Gasteiger partial charge in [-0.2, -0.15) is 5.10 Å². The normalized spacial score (nSPS) is 10.4. The van der Waals surface area contributed by atoms with E-state index < -0.39 is 0 Å². The number of rotatable bonds is 8. The molecule has 0 radical (unpaired) electrons. The lowest BCUT2D eigenvalue weighted by Gasteiger charge is -2.09. The number of nitrogens with one attached hydrogen (secondary N) is 1. The second-order valence-corrected chi connectivity index (χ2v) is 4.68. The second kappa shape index (κ2) is 7.90. The summed E-state index contributed by atoms with van der Waals surface area (Å²) in [6, 6.07) is 0. The Morgan fingerprint density at radius 3 is 3.00 bits per heavy atom. The van der Waals surface area contributed by atoms with Gasteiger partial charge in [0.15, 0.2) is 0 Å². The van der Waals surface area contributed by atoms with Gasteiger partial charge in [0.1, 0.15) is 4.47 Å². The first-order valence-corrected chi connectivity index (χ1v) is 6.62. The summed E-state index contributed by atoms with van der Waals surface area (Å²) in [6.07, 6.45) is 2.48. The molecule has 0 fully saturated rings. The third-order valence-electron chi connectivity index (χ3n) is 2.41. The maximum atomic E-state index is 11.9. The largest absolute Gasteiger partial charge is 0.383 e. The van der Waals surface area contributed by atoms with Crippen LogP contribution < -0.4 is 16.6 Å². The molecule has 106 valence electrons. The maximum Gasteiger partial charge on any atom is 0.283 e. The smallest absolute Gasteiger partial charge is 0.283 e. The number of hydrogen-bond acceptors (Lipinski definition) is 5. The lowest BCUT2D eigenvalue weighted by Crippen LogP contribution is -2.26. The number of aromatic nitrogens is 2. The molecule has 1 amide bonds. The van der Waals surface area contributed by atoms with Crippen LogP contribution in [0.5, 0.6) is 0 Å². The SMILES string of the molecule is COCCn1ncc(NCCCC(N)=O)c(Br)c1=O. The first-order valence-electron chi connectivity index (χ1n) is 5.83. The number of amides is 1. The number of anilines is 1. The highest BCUT2D eigenvalue weighted by atomic mass is 79.9. The van der Waals surface area contributed by atoms with Gasteiger partial charge in [0, 0.05) is 20.1 Å². The van der Waals surface area contributed by atoms with Crippen LogP contribution in [0.2, 0.25) is 0 Å². The third-order valence-corrected chi connectivity index (χ3v) is 3.17. The van der Waals surface area contributed by atoms with Crippen molar-refractivity contribution in [2.24, 2.45) is 5.73 Å². The van der Waals surface area contributed by atoms with E-state index in [9.17, 15) is 9.59 Å². The lowest BCUT2D eigenvalue weighted by molar-refractivity contribution is -0.118. The molecule has 1 aromatic heterocycles. The molecule has 7 nitrogen and oxygen atoms in total. The average Bonchev–Trinajstić information content (AvgIpc) is 2.38. The maximum absolute atomic E-state index is 11.9. The minimum absolute atomic E-state index is 0.225. The monoisotopic (exact) mass is 332 g/mol. The summed E-state index contributed by atoms with van der Waals surface area (Å²) in [5, 5.41) is 7.06. The molecule has 0 aliphatic rings. The molecule has 8 heteroatoms. The van der Waals surface area contributed by atoms with E-state index >= 15 is 0 Å². The van der Waals surface area contributed by atoms with Crippen molar-refractivity contribution in [3.05, 3.63) is 21.0 Å². The number of halogens is 1. The van der Waals surface area contributed by atoms with Crippen LogP contribution in [-0.4, -0.2) is 35.9 Å². The number of hydrogen-bond donors (Lipinski definition) is 2. The molecule has 0 unspecified atom stereocenters. The highest BCUT2D eigenvalue weighted by Gasteiger charge is 2.08. The van der Waals surface area contributed by atoms with Crippen LogP contribution in [-0.2, 0) is 16.1 Å². The van der Waals surface area contributed by atoms with Crippen LogP contribution in [0.25, 0.3) is 0 Å². The Labute approximate surface area is 119 Å². The fourth-order valence-electron chi connectivity index (χ4n) is 1.41. The Balaban J connectivity index is 2.63. The van der Waals surface area contributed by atoms with Gasteiger partial charge in [-0.1, -0.05) is 0 Å². The van der Waals surface area contributed by atoms with Gasteiger partial charge in [0.25, 0.3) is 5.56 Å². The van der Waals surface area contributed by atoms with Crippen molar-refractivity contribution < 1.29 is 9.53 Å². The number of carbonyl (C=O) groups is 1. The number of carbonyl (C=O) groups excluding carboxylic acids is 1. The van der Waals surface area contributed by atoms with Crippen molar-refractivity contribution >= 4 is 27.5 Å². The van der Waals surface area contributed by atoms with Crippen LogP contribution in [0.15, 0.2) is 15.5 Å². The number of primary amides is 1. The predicted octanol–water partition coefficient (Wildman–Crippen LogP) is 0.330. The highest BCUT2D eigenvalue weighted by Crippen LogP contribution is 2.15. The van der Waals surface area contributed by atoms with Crippen LogP contribution in [0.1, 0.15) is 12.8 Å². The molecule has 0 bridgehead atoms. The zero-order valence-corrected chi connectivity index (χ0v) is 12.3. The Kier molecular flexibility index (Phi) is 6.51. The Bertz CT molecular complexity index is 489. The van der Waals surface area contributed by atoms with Crippen molar-refractivity contribution in [2.45, 2.75) is 19.4 Å².